The number of H-pyrrole nitrogens is 1. The van der Waals surface area contributed by atoms with E-state index in [1.54, 1.807) is 13.8 Å². The van der Waals surface area contributed by atoms with E-state index < -0.39 is 22.7 Å². The molecule has 0 saturated heterocycles. The van der Waals surface area contributed by atoms with Crippen LogP contribution in [-0.2, 0) is 16.4 Å². The van der Waals surface area contributed by atoms with Gasteiger partial charge in [-0.1, -0.05) is 29.8 Å². The minimum atomic E-state index is -3.82. The molecule has 0 radical (unpaired) electrons. The lowest BCUT2D eigenvalue weighted by molar-refractivity contribution is 0.404. The Balaban J connectivity index is 1.91. The van der Waals surface area contributed by atoms with Gasteiger partial charge in [0.2, 0.25) is 10.0 Å². The summed E-state index contributed by atoms with van der Waals surface area (Å²) in [6.45, 7) is 6.67. The maximum Gasteiger partial charge on any atom is 0.241 e. The number of benzene rings is 2. The molecule has 1 aromatic heterocycles. The topological polar surface area (TPSA) is 62.0 Å². The van der Waals surface area contributed by atoms with Gasteiger partial charge < -0.3 is 4.98 Å². The Bertz CT molecular complexity index is 1060. The van der Waals surface area contributed by atoms with Crippen LogP contribution in [0.1, 0.15) is 27.8 Å². The summed E-state index contributed by atoms with van der Waals surface area (Å²) >= 11 is 0. The van der Waals surface area contributed by atoms with Gasteiger partial charge in [0, 0.05) is 17.1 Å². The maximum atomic E-state index is 13.7. The van der Waals surface area contributed by atoms with Crippen molar-refractivity contribution in [2.24, 2.45) is 0 Å². The molecule has 144 valence electrons. The third-order valence-electron chi connectivity index (χ3n) is 4.84. The Labute approximate surface area is 159 Å². The zero-order valence-electron chi connectivity index (χ0n) is 16.1. The Morgan fingerprint density at radius 2 is 1.74 bits per heavy atom. The zero-order valence-corrected chi connectivity index (χ0v) is 16.9. The van der Waals surface area contributed by atoms with Crippen LogP contribution in [-0.4, -0.2) is 26.1 Å². The monoisotopic (exact) mass is 388 g/mol. The molecule has 1 heterocycles. The van der Waals surface area contributed by atoms with Gasteiger partial charge in [-0.3, -0.25) is 0 Å². The number of alkyl halides is 1. The summed E-state index contributed by atoms with van der Waals surface area (Å²) in [5.41, 5.74) is 5.29. The number of fused-ring (bicyclic) bond motifs is 1. The average molecular weight is 389 g/mol. The van der Waals surface area contributed by atoms with Crippen LogP contribution in [0, 0.1) is 27.7 Å². The lowest BCUT2D eigenvalue weighted by Crippen LogP contribution is -2.38. The summed E-state index contributed by atoms with van der Waals surface area (Å²) in [6, 6.07) is 8.74. The minimum Gasteiger partial charge on any atom is -0.361 e. The molecule has 1 atom stereocenters. The molecule has 1 unspecified atom stereocenters. The molecule has 0 saturated carbocycles. The van der Waals surface area contributed by atoms with Gasteiger partial charge in [0.05, 0.1) is 10.9 Å². The summed E-state index contributed by atoms with van der Waals surface area (Å²) in [5, 5.41) is 1.03. The van der Waals surface area contributed by atoms with Crippen LogP contribution in [0.2, 0.25) is 0 Å². The predicted octanol–water partition coefficient (Wildman–Crippen LogP) is 4.26. The quantitative estimate of drug-likeness (QED) is 0.663. The molecule has 0 aliphatic carbocycles. The fourth-order valence-corrected chi connectivity index (χ4v) is 5.54. The Morgan fingerprint density at radius 3 is 2.37 bits per heavy atom. The number of sulfonamides is 1. The highest BCUT2D eigenvalue weighted by Gasteiger charge is 2.25. The first-order valence-corrected chi connectivity index (χ1v) is 10.4. The second kappa shape index (κ2) is 7.44. The molecular formula is C21H25FN2O2S. The smallest absolute Gasteiger partial charge is 0.241 e. The van der Waals surface area contributed by atoms with Gasteiger partial charge in [-0.15, -0.1) is 0 Å². The highest BCUT2D eigenvalue weighted by atomic mass is 32.2. The second-order valence-electron chi connectivity index (χ2n) is 7.22. The van der Waals surface area contributed by atoms with Gasteiger partial charge in [-0.2, -0.15) is 0 Å². The van der Waals surface area contributed by atoms with E-state index in [1.807, 2.05) is 50.4 Å². The molecule has 0 aliphatic rings. The van der Waals surface area contributed by atoms with Gasteiger partial charge in [0.25, 0.3) is 0 Å². The van der Waals surface area contributed by atoms with Gasteiger partial charge in [-0.25, -0.2) is 17.5 Å². The molecule has 0 bridgehead atoms. The van der Waals surface area contributed by atoms with Crippen molar-refractivity contribution in [1.29, 1.82) is 0 Å². The molecule has 3 aromatic rings. The van der Waals surface area contributed by atoms with Gasteiger partial charge in [0.15, 0.2) is 0 Å². The Hall–Kier alpha value is -2.18. The van der Waals surface area contributed by atoms with Crippen molar-refractivity contribution < 1.29 is 12.8 Å². The van der Waals surface area contributed by atoms with E-state index in [9.17, 15) is 12.8 Å². The number of aromatic amines is 1. The lowest BCUT2D eigenvalue weighted by atomic mass is 10.0. The highest BCUT2D eigenvalue weighted by molar-refractivity contribution is 7.89. The van der Waals surface area contributed by atoms with E-state index in [-0.39, 0.29) is 11.3 Å². The molecular weight excluding hydrogens is 363 g/mol. The fourth-order valence-electron chi connectivity index (χ4n) is 3.87. The summed E-state index contributed by atoms with van der Waals surface area (Å²) in [7, 11) is -3.82. The van der Waals surface area contributed by atoms with Crippen molar-refractivity contribution >= 4 is 20.9 Å². The minimum absolute atomic E-state index is 0.238. The fraction of sp³-hybridized carbons (Fsp3) is 0.333. The largest absolute Gasteiger partial charge is 0.361 e. The molecule has 0 amide bonds. The first kappa shape index (κ1) is 19.6. The summed E-state index contributed by atoms with van der Waals surface area (Å²) in [6.07, 6.45) is 2.11. The van der Waals surface area contributed by atoms with Gasteiger partial charge >= 0.3 is 0 Å². The van der Waals surface area contributed by atoms with Crippen LogP contribution in [0.4, 0.5) is 4.39 Å². The molecule has 2 N–H and O–H groups in total. The normalized spacial score (nSPS) is 13.2. The molecule has 3 rings (SSSR count). The van der Waals surface area contributed by atoms with Gasteiger partial charge in [-0.05, 0) is 62.4 Å². The summed E-state index contributed by atoms with van der Waals surface area (Å²) < 4.78 is 42.1. The van der Waals surface area contributed by atoms with Crippen molar-refractivity contribution in [1.82, 2.24) is 9.71 Å². The van der Waals surface area contributed by atoms with E-state index in [0.29, 0.717) is 11.1 Å². The molecule has 27 heavy (non-hydrogen) atoms. The molecule has 0 spiro atoms. The molecule has 0 aliphatic heterocycles. The predicted molar refractivity (Wildman–Crippen MR) is 107 cm³/mol. The van der Waals surface area contributed by atoms with Crippen LogP contribution < -0.4 is 4.72 Å². The number of aromatic nitrogens is 1. The van der Waals surface area contributed by atoms with E-state index in [1.165, 1.54) is 0 Å². The van der Waals surface area contributed by atoms with Gasteiger partial charge in [0.1, 0.15) is 6.67 Å². The number of aryl methyl sites for hydroxylation is 4. The lowest BCUT2D eigenvalue weighted by Gasteiger charge is -2.18. The van der Waals surface area contributed by atoms with Crippen molar-refractivity contribution in [3.63, 3.8) is 0 Å². The van der Waals surface area contributed by atoms with Crippen molar-refractivity contribution in [2.75, 3.05) is 6.67 Å². The van der Waals surface area contributed by atoms with Crippen molar-refractivity contribution in [3.05, 3.63) is 64.3 Å². The highest BCUT2D eigenvalue weighted by Crippen LogP contribution is 2.25. The third-order valence-corrected chi connectivity index (χ3v) is 6.67. The van der Waals surface area contributed by atoms with Crippen molar-refractivity contribution in [3.8, 4) is 0 Å². The summed E-state index contributed by atoms with van der Waals surface area (Å²) in [4.78, 5) is 3.42. The zero-order chi connectivity index (χ0) is 19.8. The van der Waals surface area contributed by atoms with Crippen LogP contribution in [0.3, 0.4) is 0 Å². The summed E-state index contributed by atoms with van der Waals surface area (Å²) in [5.74, 6) is 0. The van der Waals surface area contributed by atoms with Crippen LogP contribution in [0.25, 0.3) is 10.9 Å². The van der Waals surface area contributed by atoms with Crippen molar-refractivity contribution in [2.45, 2.75) is 45.1 Å². The third kappa shape index (κ3) is 3.92. The molecule has 0 fully saturated rings. The number of hydrogen-bond acceptors (Lipinski definition) is 2. The molecule has 2 aromatic carbocycles. The SMILES string of the molecule is Cc1cc(C)c(S(=O)(=O)NC(CF)Cc2c[nH]c3cccc(C)c23)c(C)c1. The van der Waals surface area contributed by atoms with E-state index in [2.05, 4.69) is 9.71 Å². The first-order chi connectivity index (χ1) is 12.7. The number of hydrogen-bond donors (Lipinski definition) is 2. The Kier molecular flexibility index (Phi) is 5.40. The first-order valence-electron chi connectivity index (χ1n) is 8.94. The van der Waals surface area contributed by atoms with Crippen LogP contribution >= 0.6 is 0 Å². The Morgan fingerprint density at radius 1 is 1.07 bits per heavy atom. The van der Waals surface area contributed by atoms with Crippen LogP contribution in [0.15, 0.2) is 41.4 Å². The van der Waals surface area contributed by atoms with E-state index in [0.717, 1.165) is 27.6 Å². The number of halogens is 1. The number of rotatable bonds is 6. The molecule has 4 nitrogen and oxygen atoms in total. The maximum absolute atomic E-state index is 13.7. The second-order valence-corrected chi connectivity index (χ2v) is 8.87. The number of nitrogens with one attached hydrogen (secondary N) is 2. The average Bonchev–Trinajstić information content (AvgIpc) is 2.97. The molecule has 6 heteroatoms. The van der Waals surface area contributed by atoms with Crippen LogP contribution in [0.5, 0.6) is 0 Å². The standard InChI is InChI=1S/C21H25FN2O2S/c1-13-8-15(3)21(16(4)9-13)27(25,26)24-18(11-22)10-17-12-23-19-7-5-6-14(2)20(17)19/h5-9,12,18,23-24H,10-11H2,1-4H3. The van der Waals surface area contributed by atoms with E-state index >= 15 is 0 Å². The van der Waals surface area contributed by atoms with E-state index in [4.69, 9.17) is 0 Å².